The van der Waals surface area contributed by atoms with Crippen LogP contribution in [-0.2, 0) is 6.42 Å². The average Bonchev–Trinajstić information content (AvgIpc) is 2.29. The summed E-state index contributed by atoms with van der Waals surface area (Å²) >= 11 is 0. The zero-order valence-corrected chi connectivity index (χ0v) is 9.14. The van der Waals surface area contributed by atoms with E-state index in [1.54, 1.807) is 6.07 Å². The van der Waals surface area contributed by atoms with Crippen molar-refractivity contribution >= 4 is 16.5 Å². The molecule has 0 radical (unpaired) electrons. The van der Waals surface area contributed by atoms with Gasteiger partial charge in [-0.2, -0.15) is 0 Å². The molecule has 3 nitrogen and oxygen atoms in total. The Bertz CT molecular complexity index is 534. The van der Waals surface area contributed by atoms with Gasteiger partial charge in [0.15, 0.2) is 0 Å². The van der Waals surface area contributed by atoms with E-state index < -0.39 is 0 Å². The smallest absolute Gasteiger partial charge is 0.258 e. The maximum atomic E-state index is 10.9. The van der Waals surface area contributed by atoms with E-state index in [4.69, 9.17) is 0 Å². The van der Waals surface area contributed by atoms with E-state index in [2.05, 4.69) is 6.92 Å². The molecular formula is C13H13NO2. The summed E-state index contributed by atoms with van der Waals surface area (Å²) in [7, 11) is 0. The normalized spacial score (nSPS) is 10.6. The summed E-state index contributed by atoms with van der Waals surface area (Å²) in [6, 6.07) is 11.0. The highest BCUT2D eigenvalue weighted by Crippen LogP contribution is 2.28. The lowest BCUT2D eigenvalue weighted by Gasteiger charge is -2.05. The Morgan fingerprint density at radius 2 is 1.81 bits per heavy atom. The predicted octanol–water partition coefficient (Wildman–Crippen LogP) is 3.70. The number of nitrogens with zero attached hydrogens (tertiary/aromatic N) is 1. The van der Waals surface area contributed by atoms with Crippen molar-refractivity contribution in [2.75, 3.05) is 0 Å². The summed E-state index contributed by atoms with van der Waals surface area (Å²) in [5, 5.41) is 12.6. The van der Waals surface area contributed by atoms with Gasteiger partial charge in [0.25, 0.3) is 5.69 Å². The zero-order chi connectivity index (χ0) is 11.5. The molecule has 2 aromatic carbocycles. The molecule has 0 aliphatic rings. The van der Waals surface area contributed by atoms with Gasteiger partial charge in [0.1, 0.15) is 0 Å². The molecule has 0 aliphatic heterocycles. The Labute approximate surface area is 93.9 Å². The molecule has 0 heterocycles. The molecule has 2 rings (SSSR count). The van der Waals surface area contributed by atoms with Crippen molar-refractivity contribution < 1.29 is 4.92 Å². The molecule has 0 unspecified atom stereocenters. The van der Waals surface area contributed by atoms with Crippen LogP contribution in [0.1, 0.15) is 18.9 Å². The van der Waals surface area contributed by atoms with Crippen molar-refractivity contribution in [1.29, 1.82) is 0 Å². The molecule has 0 N–H and O–H groups in total. The number of aryl methyl sites for hydroxylation is 1. The fraction of sp³-hybridized carbons (Fsp3) is 0.231. The second-order valence-electron chi connectivity index (χ2n) is 3.80. The maximum Gasteiger partial charge on any atom is 0.277 e. The minimum atomic E-state index is -0.321. The van der Waals surface area contributed by atoms with Crippen LogP contribution >= 0.6 is 0 Å². The highest BCUT2D eigenvalue weighted by molar-refractivity contribution is 5.93. The van der Waals surface area contributed by atoms with Crippen LogP contribution in [0.3, 0.4) is 0 Å². The van der Waals surface area contributed by atoms with Crippen molar-refractivity contribution in [3.05, 3.63) is 52.1 Å². The third-order valence-electron chi connectivity index (χ3n) is 2.71. The van der Waals surface area contributed by atoms with Gasteiger partial charge in [0.05, 0.1) is 10.3 Å². The third-order valence-corrected chi connectivity index (χ3v) is 2.71. The quantitative estimate of drug-likeness (QED) is 0.578. The lowest BCUT2D eigenvalue weighted by Crippen LogP contribution is -1.92. The van der Waals surface area contributed by atoms with Crippen LogP contribution in [0.25, 0.3) is 10.8 Å². The number of hydrogen-bond donors (Lipinski definition) is 0. The van der Waals surface area contributed by atoms with Crippen molar-refractivity contribution in [3.8, 4) is 0 Å². The van der Waals surface area contributed by atoms with Crippen molar-refractivity contribution in [2.45, 2.75) is 19.8 Å². The standard InChI is InChI=1S/C13H13NO2/c1-2-5-10-8-9-13(14(15)16)12-7-4-3-6-11(10)12/h3-4,6-9H,2,5H2,1H3. The van der Waals surface area contributed by atoms with E-state index in [1.165, 1.54) is 5.56 Å². The van der Waals surface area contributed by atoms with Crippen LogP contribution in [0.2, 0.25) is 0 Å². The van der Waals surface area contributed by atoms with Crippen LogP contribution in [0.4, 0.5) is 5.69 Å². The van der Waals surface area contributed by atoms with Gasteiger partial charge >= 0.3 is 0 Å². The van der Waals surface area contributed by atoms with Gasteiger partial charge < -0.3 is 0 Å². The minimum Gasteiger partial charge on any atom is -0.258 e. The van der Waals surface area contributed by atoms with Crippen LogP contribution in [0, 0.1) is 10.1 Å². The van der Waals surface area contributed by atoms with Gasteiger partial charge in [0, 0.05) is 6.07 Å². The second kappa shape index (κ2) is 4.31. The number of benzene rings is 2. The number of rotatable bonds is 3. The van der Waals surface area contributed by atoms with Gasteiger partial charge in [-0.15, -0.1) is 0 Å². The summed E-state index contributed by atoms with van der Waals surface area (Å²) in [6.45, 7) is 2.11. The van der Waals surface area contributed by atoms with Crippen molar-refractivity contribution in [1.82, 2.24) is 0 Å². The second-order valence-corrected chi connectivity index (χ2v) is 3.80. The number of nitro benzene ring substituents is 1. The van der Waals surface area contributed by atoms with Crippen LogP contribution in [-0.4, -0.2) is 4.92 Å². The fourth-order valence-corrected chi connectivity index (χ4v) is 1.99. The highest BCUT2D eigenvalue weighted by Gasteiger charge is 2.12. The summed E-state index contributed by atoms with van der Waals surface area (Å²) in [6.07, 6.45) is 2.00. The SMILES string of the molecule is CCCc1ccc([N+](=O)[O-])c2ccccc12. The minimum absolute atomic E-state index is 0.190. The predicted molar refractivity (Wildman–Crippen MR) is 64.6 cm³/mol. The van der Waals surface area contributed by atoms with E-state index in [9.17, 15) is 10.1 Å². The summed E-state index contributed by atoms with van der Waals surface area (Å²) < 4.78 is 0. The molecule has 2 aromatic rings. The van der Waals surface area contributed by atoms with Gasteiger partial charge in [-0.3, -0.25) is 10.1 Å². The van der Waals surface area contributed by atoms with Crippen LogP contribution < -0.4 is 0 Å². The Morgan fingerprint density at radius 1 is 1.12 bits per heavy atom. The van der Waals surface area contributed by atoms with Crippen LogP contribution in [0.5, 0.6) is 0 Å². The maximum absolute atomic E-state index is 10.9. The van der Waals surface area contributed by atoms with Gasteiger partial charge in [0.2, 0.25) is 0 Å². The molecule has 16 heavy (non-hydrogen) atoms. The summed E-state index contributed by atoms with van der Waals surface area (Å²) in [5.74, 6) is 0. The topological polar surface area (TPSA) is 43.1 Å². The molecule has 0 spiro atoms. The van der Waals surface area contributed by atoms with E-state index in [0.717, 1.165) is 23.6 Å². The Balaban J connectivity index is 2.71. The van der Waals surface area contributed by atoms with E-state index in [1.807, 2.05) is 30.3 Å². The molecule has 0 saturated carbocycles. The molecule has 0 fully saturated rings. The van der Waals surface area contributed by atoms with Crippen molar-refractivity contribution in [2.24, 2.45) is 0 Å². The van der Waals surface area contributed by atoms with E-state index in [0.29, 0.717) is 0 Å². The molecule has 0 aliphatic carbocycles. The Kier molecular flexibility index (Phi) is 2.86. The molecule has 0 saturated heterocycles. The monoisotopic (exact) mass is 215 g/mol. The summed E-state index contributed by atoms with van der Waals surface area (Å²) in [4.78, 5) is 10.6. The fourth-order valence-electron chi connectivity index (χ4n) is 1.99. The lowest BCUT2D eigenvalue weighted by molar-refractivity contribution is -0.383. The molecular weight excluding hydrogens is 202 g/mol. The first-order valence-corrected chi connectivity index (χ1v) is 5.39. The molecule has 0 amide bonds. The lowest BCUT2D eigenvalue weighted by atomic mass is 10.00. The number of non-ortho nitro benzene ring substituents is 1. The van der Waals surface area contributed by atoms with Gasteiger partial charge in [-0.25, -0.2) is 0 Å². The number of hydrogen-bond acceptors (Lipinski definition) is 2. The Hall–Kier alpha value is -1.90. The van der Waals surface area contributed by atoms with Gasteiger partial charge in [-0.05, 0) is 23.4 Å². The molecule has 82 valence electrons. The first-order valence-electron chi connectivity index (χ1n) is 5.39. The number of fused-ring (bicyclic) bond motifs is 1. The van der Waals surface area contributed by atoms with Crippen LogP contribution in [0.15, 0.2) is 36.4 Å². The van der Waals surface area contributed by atoms with Gasteiger partial charge in [-0.1, -0.05) is 37.6 Å². The number of nitro groups is 1. The summed E-state index contributed by atoms with van der Waals surface area (Å²) in [5.41, 5.74) is 1.37. The average molecular weight is 215 g/mol. The molecule has 0 atom stereocenters. The largest absolute Gasteiger partial charge is 0.277 e. The Morgan fingerprint density at radius 3 is 2.44 bits per heavy atom. The van der Waals surface area contributed by atoms with E-state index >= 15 is 0 Å². The zero-order valence-electron chi connectivity index (χ0n) is 9.14. The van der Waals surface area contributed by atoms with Crippen molar-refractivity contribution in [3.63, 3.8) is 0 Å². The highest BCUT2D eigenvalue weighted by atomic mass is 16.6. The molecule has 0 aromatic heterocycles. The first-order chi connectivity index (χ1) is 7.74. The molecule has 3 heteroatoms. The molecule has 0 bridgehead atoms. The van der Waals surface area contributed by atoms with E-state index in [-0.39, 0.29) is 10.6 Å². The third kappa shape index (κ3) is 1.76. The first kappa shape index (κ1) is 10.6.